The second-order valence-corrected chi connectivity index (χ2v) is 7.25. The van der Waals surface area contributed by atoms with Crippen molar-refractivity contribution < 1.29 is 8.42 Å². The number of aromatic nitrogens is 3. The van der Waals surface area contributed by atoms with Gasteiger partial charge in [-0.2, -0.15) is 5.11 Å². The smallest absolute Gasteiger partial charge is 0.238 e. The zero-order valence-corrected chi connectivity index (χ0v) is 14.9. The van der Waals surface area contributed by atoms with E-state index in [4.69, 9.17) is 22.5 Å². The number of anilines is 1. The van der Waals surface area contributed by atoms with E-state index >= 15 is 0 Å². The number of hydrogen-bond acceptors (Lipinski definition) is 7. The highest BCUT2D eigenvalue weighted by Gasteiger charge is 2.16. The van der Waals surface area contributed by atoms with E-state index in [0.29, 0.717) is 27.7 Å². The van der Waals surface area contributed by atoms with Crippen LogP contribution in [0.25, 0.3) is 5.65 Å². The molecule has 0 atom stereocenters. The Kier molecular flexibility index (Phi) is 4.19. The lowest BCUT2D eigenvalue weighted by molar-refractivity contribution is 0.598. The van der Waals surface area contributed by atoms with Crippen LogP contribution in [0.2, 0.25) is 5.02 Å². The molecule has 3 aromatic rings. The van der Waals surface area contributed by atoms with Crippen molar-refractivity contribution in [1.82, 2.24) is 14.6 Å². The molecule has 2 heterocycles. The zero-order valence-electron chi connectivity index (χ0n) is 13.3. The minimum absolute atomic E-state index is 0.0617. The molecule has 0 aliphatic rings. The quantitative estimate of drug-likeness (QED) is 0.672. The lowest BCUT2D eigenvalue weighted by atomic mass is 10.3. The monoisotopic (exact) mass is 379 g/mol. The van der Waals surface area contributed by atoms with Gasteiger partial charge < -0.3 is 5.73 Å². The van der Waals surface area contributed by atoms with Crippen LogP contribution in [0.3, 0.4) is 0 Å². The van der Waals surface area contributed by atoms with Crippen LogP contribution in [0.15, 0.2) is 39.4 Å². The Morgan fingerprint density at radius 2 is 1.96 bits per heavy atom. The number of hydrogen-bond donors (Lipinski definition) is 2. The van der Waals surface area contributed by atoms with E-state index in [2.05, 4.69) is 20.3 Å². The van der Waals surface area contributed by atoms with E-state index in [9.17, 15) is 8.42 Å². The van der Waals surface area contributed by atoms with E-state index in [0.717, 1.165) is 0 Å². The van der Waals surface area contributed by atoms with Crippen molar-refractivity contribution in [3.63, 3.8) is 0 Å². The maximum absolute atomic E-state index is 11.4. The Balaban J connectivity index is 2.10. The molecule has 0 radical (unpaired) electrons. The van der Waals surface area contributed by atoms with E-state index in [1.165, 1.54) is 22.7 Å². The van der Waals surface area contributed by atoms with Gasteiger partial charge in [-0.25, -0.2) is 23.1 Å². The predicted octanol–water partition coefficient (Wildman–Crippen LogP) is 2.64. The number of fused-ring (bicyclic) bond motifs is 1. The van der Waals surface area contributed by atoms with Gasteiger partial charge >= 0.3 is 0 Å². The second kappa shape index (κ2) is 6.06. The summed E-state index contributed by atoms with van der Waals surface area (Å²) >= 11 is 6.16. The molecule has 2 aromatic heterocycles. The fraction of sp³-hybridized carbons (Fsp3) is 0.143. The molecule has 0 amide bonds. The van der Waals surface area contributed by atoms with Gasteiger partial charge in [-0.05, 0) is 32.0 Å². The average molecular weight is 380 g/mol. The molecule has 25 heavy (non-hydrogen) atoms. The average Bonchev–Trinajstić information content (AvgIpc) is 2.86. The zero-order chi connectivity index (χ0) is 18.4. The summed E-state index contributed by atoms with van der Waals surface area (Å²) in [7, 11) is -3.83. The first-order valence-electron chi connectivity index (χ1n) is 7.04. The van der Waals surface area contributed by atoms with E-state index in [-0.39, 0.29) is 16.4 Å². The first-order valence-corrected chi connectivity index (χ1v) is 8.96. The topological polar surface area (TPSA) is 141 Å². The van der Waals surface area contributed by atoms with Crippen LogP contribution < -0.4 is 10.9 Å². The van der Waals surface area contributed by atoms with Crippen molar-refractivity contribution in [3.05, 3.63) is 40.7 Å². The van der Waals surface area contributed by atoms with Crippen LogP contribution >= 0.6 is 11.6 Å². The SMILES string of the molecule is Cc1nc2c(N=Nc3cccc(S(N)(=O)=O)c3)c(N)nn2c(C)c1Cl. The molecule has 4 N–H and O–H groups in total. The molecule has 0 spiro atoms. The molecule has 1 aromatic carbocycles. The van der Waals surface area contributed by atoms with Crippen molar-refractivity contribution >= 4 is 44.5 Å². The molecule has 11 heteroatoms. The number of sulfonamides is 1. The van der Waals surface area contributed by atoms with Crippen molar-refractivity contribution in [3.8, 4) is 0 Å². The highest BCUT2D eigenvalue weighted by molar-refractivity contribution is 7.89. The molecule has 0 aliphatic carbocycles. The van der Waals surface area contributed by atoms with Crippen molar-refractivity contribution in [2.24, 2.45) is 15.4 Å². The van der Waals surface area contributed by atoms with Gasteiger partial charge in [0.1, 0.15) is 0 Å². The second-order valence-electron chi connectivity index (χ2n) is 5.31. The molecule has 3 rings (SSSR count). The maximum atomic E-state index is 11.4. The molecule has 0 saturated carbocycles. The van der Waals surface area contributed by atoms with Crippen LogP contribution in [0, 0.1) is 13.8 Å². The summed E-state index contributed by atoms with van der Waals surface area (Å²) in [6.45, 7) is 3.54. The van der Waals surface area contributed by atoms with E-state index in [1.807, 2.05) is 0 Å². The van der Waals surface area contributed by atoms with Gasteiger partial charge in [-0.1, -0.05) is 17.7 Å². The van der Waals surface area contributed by atoms with Crippen molar-refractivity contribution in [2.45, 2.75) is 18.7 Å². The summed E-state index contributed by atoms with van der Waals surface area (Å²) in [5.41, 5.74) is 8.16. The summed E-state index contributed by atoms with van der Waals surface area (Å²) in [6, 6.07) is 5.77. The summed E-state index contributed by atoms with van der Waals surface area (Å²) in [5.74, 6) is 0.128. The van der Waals surface area contributed by atoms with Crippen LogP contribution in [0.4, 0.5) is 17.2 Å². The van der Waals surface area contributed by atoms with Crippen LogP contribution in [-0.4, -0.2) is 23.0 Å². The number of nitrogen functional groups attached to an aromatic ring is 1. The van der Waals surface area contributed by atoms with Gasteiger partial charge in [-0.3, -0.25) is 0 Å². The van der Waals surface area contributed by atoms with Gasteiger partial charge in [0.15, 0.2) is 17.2 Å². The number of rotatable bonds is 3. The number of halogens is 1. The number of aryl methyl sites for hydroxylation is 2. The number of azo groups is 1. The third-order valence-corrected chi connectivity index (χ3v) is 4.96. The largest absolute Gasteiger partial charge is 0.380 e. The Bertz CT molecular complexity index is 1120. The summed E-state index contributed by atoms with van der Waals surface area (Å²) in [4.78, 5) is 4.28. The first-order chi connectivity index (χ1) is 11.7. The van der Waals surface area contributed by atoms with Crippen LogP contribution in [-0.2, 0) is 10.0 Å². The minimum atomic E-state index is -3.83. The van der Waals surface area contributed by atoms with Gasteiger partial charge in [-0.15, -0.1) is 10.2 Å². The summed E-state index contributed by atoms with van der Waals surface area (Å²) in [5, 5.41) is 17.8. The third kappa shape index (κ3) is 3.18. The minimum Gasteiger partial charge on any atom is -0.380 e. The molecule has 0 unspecified atom stereocenters. The van der Waals surface area contributed by atoms with Crippen LogP contribution in [0.1, 0.15) is 11.4 Å². The van der Waals surface area contributed by atoms with Gasteiger partial charge in [0.05, 0.1) is 27.0 Å². The normalized spacial score (nSPS) is 12.3. The standard InChI is InChI=1S/C14H14ClN7O2S/c1-7-11(15)8(2)22-14(18-7)12(13(16)21-22)20-19-9-4-3-5-10(6-9)25(17,23)24/h3-6H,1-2H3,(H2,16,21)(H2,17,23,24). The Labute approximate surface area is 148 Å². The number of primary sulfonamides is 1. The number of nitrogens with zero attached hydrogens (tertiary/aromatic N) is 5. The maximum Gasteiger partial charge on any atom is 0.238 e. The van der Waals surface area contributed by atoms with E-state index < -0.39 is 10.0 Å². The molecule has 0 bridgehead atoms. The lowest BCUT2D eigenvalue weighted by Gasteiger charge is -2.04. The summed E-state index contributed by atoms with van der Waals surface area (Å²) in [6.07, 6.45) is 0. The van der Waals surface area contributed by atoms with E-state index in [1.54, 1.807) is 19.9 Å². The van der Waals surface area contributed by atoms with Gasteiger partial charge in [0, 0.05) is 0 Å². The first kappa shape index (κ1) is 17.3. The number of nitrogens with two attached hydrogens (primary N) is 2. The molecular weight excluding hydrogens is 366 g/mol. The Morgan fingerprint density at radius 3 is 2.64 bits per heavy atom. The highest BCUT2D eigenvalue weighted by atomic mass is 35.5. The lowest BCUT2D eigenvalue weighted by Crippen LogP contribution is -2.11. The number of benzene rings is 1. The highest BCUT2D eigenvalue weighted by Crippen LogP contribution is 2.31. The van der Waals surface area contributed by atoms with Crippen LogP contribution in [0.5, 0.6) is 0 Å². The molecule has 0 aliphatic heterocycles. The molecule has 130 valence electrons. The molecular formula is C14H14ClN7O2S. The predicted molar refractivity (Wildman–Crippen MR) is 93.9 cm³/mol. The molecule has 0 fully saturated rings. The fourth-order valence-corrected chi connectivity index (χ4v) is 2.92. The molecule has 0 saturated heterocycles. The molecule has 9 nitrogen and oxygen atoms in total. The third-order valence-electron chi connectivity index (χ3n) is 3.50. The summed E-state index contributed by atoms with van der Waals surface area (Å²) < 4.78 is 24.3. The Morgan fingerprint density at radius 1 is 1.24 bits per heavy atom. The van der Waals surface area contributed by atoms with Gasteiger partial charge in [0.25, 0.3) is 0 Å². The Hall–Kier alpha value is -2.56. The van der Waals surface area contributed by atoms with Gasteiger partial charge in [0.2, 0.25) is 10.0 Å². The van der Waals surface area contributed by atoms with Crippen molar-refractivity contribution in [2.75, 3.05) is 5.73 Å². The fourth-order valence-electron chi connectivity index (χ4n) is 2.24. The van der Waals surface area contributed by atoms with Crippen molar-refractivity contribution in [1.29, 1.82) is 0 Å².